The molecule has 2 saturated heterocycles. The number of piperidine rings is 1. The summed E-state index contributed by atoms with van der Waals surface area (Å²) < 4.78 is 86.1. The number of thiophene rings is 1. The Morgan fingerprint density at radius 2 is 2.11 bits per heavy atom. The van der Waals surface area contributed by atoms with Crippen molar-refractivity contribution >= 4 is 54.9 Å². The van der Waals surface area contributed by atoms with E-state index in [0.29, 0.717) is 10.4 Å². The Hall–Kier alpha value is -2.63. The van der Waals surface area contributed by atoms with E-state index in [9.17, 15) is 30.8 Å². The number of nitrogens with zero attached hydrogens (tertiary/aromatic N) is 3. The quantitative estimate of drug-likeness (QED) is 0.297. The zero-order chi connectivity index (χ0) is 26.5. The lowest BCUT2D eigenvalue weighted by molar-refractivity contribution is -0.0327. The molecule has 3 atom stereocenters. The van der Waals surface area contributed by atoms with E-state index in [1.807, 2.05) is 0 Å². The molecule has 2 aliphatic rings. The van der Waals surface area contributed by atoms with E-state index in [4.69, 9.17) is 4.52 Å². The molecule has 200 valence electrons. The van der Waals surface area contributed by atoms with Crippen LogP contribution in [0.5, 0.6) is 0 Å². The minimum atomic E-state index is -4.62. The molecule has 0 aliphatic carbocycles. The summed E-state index contributed by atoms with van der Waals surface area (Å²) in [5, 5.41) is 12.2. The summed E-state index contributed by atoms with van der Waals surface area (Å²) in [7, 11) is -3.54. The Morgan fingerprint density at radius 3 is 2.78 bits per heavy atom. The highest BCUT2D eigenvalue weighted by Crippen LogP contribution is 2.50. The van der Waals surface area contributed by atoms with Crippen molar-refractivity contribution in [1.29, 1.82) is 0 Å². The van der Waals surface area contributed by atoms with Crippen LogP contribution in [0.1, 0.15) is 18.4 Å². The van der Waals surface area contributed by atoms with Gasteiger partial charge in [-0.25, -0.2) is 17.6 Å². The number of anilines is 1. The van der Waals surface area contributed by atoms with Crippen LogP contribution in [0.3, 0.4) is 0 Å². The molecule has 0 bridgehead atoms. The van der Waals surface area contributed by atoms with Crippen molar-refractivity contribution in [3.63, 3.8) is 0 Å². The molecule has 2 amide bonds. The second kappa shape index (κ2) is 9.59. The highest BCUT2D eigenvalue weighted by atomic mass is 32.2. The fourth-order valence-corrected chi connectivity index (χ4v) is 7.15. The van der Waals surface area contributed by atoms with Crippen molar-refractivity contribution in [3.8, 4) is 10.7 Å². The molecule has 0 saturated carbocycles. The van der Waals surface area contributed by atoms with Gasteiger partial charge in [0.1, 0.15) is 12.2 Å². The Bertz CT molecular complexity index is 1440. The number of fused-ring (bicyclic) bond motifs is 1. The van der Waals surface area contributed by atoms with Crippen molar-refractivity contribution < 1.29 is 35.3 Å². The Labute approximate surface area is 216 Å². The van der Waals surface area contributed by atoms with Gasteiger partial charge in [0.05, 0.1) is 27.6 Å². The molecule has 3 N–H and O–H groups in total. The molecule has 0 radical (unpaired) electrons. The zero-order valence-corrected chi connectivity index (χ0v) is 21.5. The van der Waals surface area contributed by atoms with Gasteiger partial charge in [-0.15, -0.1) is 11.3 Å². The number of carbonyl (C=O) groups is 1. The molecule has 4 heterocycles. The first-order valence-corrected chi connectivity index (χ1v) is 14.4. The van der Waals surface area contributed by atoms with Gasteiger partial charge in [-0.3, -0.25) is 0 Å². The van der Waals surface area contributed by atoms with Gasteiger partial charge in [0.2, 0.25) is 15.8 Å². The Morgan fingerprint density at radius 1 is 1.32 bits per heavy atom. The molecular weight excluding hydrogens is 560 g/mol. The fraction of sp³-hybridized carbons (Fsp3) is 0.450. The molecular formula is C20H20F4N6O4S3. The van der Waals surface area contributed by atoms with E-state index in [1.54, 1.807) is 6.07 Å². The lowest BCUT2D eigenvalue weighted by atomic mass is 10.0. The second-order valence-electron chi connectivity index (χ2n) is 8.53. The van der Waals surface area contributed by atoms with Gasteiger partial charge in [0, 0.05) is 29.9 Å². The Kier molecular flexibility index (Phi) is 6.74. The van der Waals surface area contributed by atoms with Gasteiger partial charge in [-0.1, -0.05) is 17.3 Å². The van der Waals surface area contributed by atoms with Gasteiger partial charge >= 0.3 is 11.5 Å². The molecule has 3 aromatic rings. The molecule has 10 nitrogen and oxygen atoms in total. The standard InChI is InChI=1S/C20H20F4N6O4S3/c1-37(32,33)30-6-5-10(21)13(8-30)26-11-4-2-3-9-14(11)35-16(15(9)36-20(22,23)24)17-28-18(34-29-17)12-7-25-19(31)27-12/h2-4,10,12-13,26H,5-8H2,1H3,(H2,25,27,31)/t10-,12+,13+/m0/s1. The lowest BCUT2D eigenvalue weighted by Gasteiger charge is -2.34. The Balaban J connectivity index is 1.53. The van der Waals surface area contributed by atoms with Crippen LogP contribution >= 0.6 is 23.1 Å². The third-order valence-electron chi connectivity index (χ3n) is 5.90. The second-order valence-corrected chi connectivity index (χ2v) is 12.6. The highest BCUT2D eigenvalue weighted by molar-refractivity contribution is 8.00. The molecule has 1 aromatic carbocycles. The van der Waals surface area contributed by atoms with Gasteiger partial charge in [0.15, 0.2) is 0 Å². The van der Waals surface area contributed by atoms with Gasteiger partial charge < -0.3 is 20.5 Å². The molecule has 0 spiro atoms. The van der Waals surface area contributed by atoms with E-state index in [0.717, 1.165) is 17.6 Å². The predicted octanol–water partition coefficient (Wildman–Crippen LogP) is 3.70. The summed E-state index contributed by atoms with van der Waals surface area (Å²) >= 11 is 0.648. The maximum Gasteiger partial charge on any atom is 0.446 e. The largest absolute Gasteiger partial charge is 0.446 e. The number of nitrogens with one attached hydrogen (secondary N) is 3. The average molecular weight is 581 g/mol. The van der Waals surface area contributed by atoms with E-state index in [1.165, 1.54) is 16.4 Å². The van der Waals surface area contributed by atoms with Crippen molar-refractivity contribution in [1.82, 2.24) is 25.1 Å². The molecule has 0 unspecified atom stereocenters. The number of hydrogen-bond donors (Lipinski definition) is 3. The fourth-order valence-electron chi connectivity index (χ4n) is 4.18. The van der Waals surface area contributed by atoms with Crippen LogP contribution in [0.25, 0.3) is 20.8 Å². The summed E-state index contributed by atoms with van der Waals surface area (Å²) in [6.45, 7) is 0.116. The van der Waals surface area contributed by atoms with E-state index in [-0.39, 0.29) is 64.7 Å². The number of thioether (sulfide) groups is 1. The maximum atomic E-state index is 14.7. The number of alkyl halides is 4. The SMILES string of the molecule is CS(=O)(=O)N1CC[C@H](F)[C@H](Nc2cccc3c(SC(F)(F)F)c(-c4noc([C@H]5CNC(=O)N5)n4)sc23)C1. The van der Waals surface area contributed by atoms with E-state index in [2.05, 4.69) is 26.1 Å². The van der Waals surface area contributed by atoms with Crippen LogP contribution in [0.2, 0.25) is 0 Å². The predicted molar refractivity (Wildman–Crippen MR) is 130 cm³/mol. The highest BCUT2D eigenvalue weighted by Gasteiger charge is 2.36. The number of amides is 2. The topological polar surface area (TPSA) is 129 Å². The number of carbonyl (C=O) groups excluding carboxylic acids is 1. The lowest BCUT2D eigenvalue weighted by Crippen LogP contribution is -2.50. The van der Waals surface area contributed by atoms with Crippen LogP contribution in [-0.4, -0.2) is 72.5 Å². The molecule has 37 heavy (non-hydrogen) atoms. The summed E-state index contributed by atoms with van der Waals surface area (Å²) in [5.74, 6) is -0.0465. The summed E-state index contributed by atoms with van der Waals surface area (Å²) in [4.78, 5) is 15.6. The number of halogens is 4. The monoisotopic (exact) mass is 580 g/mol. The average Bonchev–Trinajstić information content (AvgIpc) is 3.53. The van der Waals surface area contributed by atoms with Crippen LogP contribution in [0, 0.1) is 0 Å². The molecule has 2 fully saturated rings. The minimum Gasteiger partial charge on any atom is -0.377 e. The van der Waals surface area contributed by atoms with Crippen LogP contribution in [0.15, 0.2) is 27.6 Å². The van der Waals surface area contributed by atoms with Gasteiger partial charge in [0.25, 0.3) is 5.89 Å². The summed E-state index contributed by atoms with van der Waals surface area (Å²) in [6.07, 6.45) is -0.322. The number of hydrogen-bond acceptors (Lipinski definition) is 9. The molecule has 17 heteroatoms. The first-order valence-electron chi connectivity index (χ1n) is 10.9. The van der Waals surface area contributed by atoms with Crippen LogP contribution in [-0.2, 0) is 10.0 Å². The number of benzene rings is 1. The third kappa shape index (κ3) is 5.49. The smallest absolute Gasteiger partial charge is 0.377 e. The van der Waals surface area contributed by atoms with Crippen molar-refractivity contribution in [2.45, 2.75) is 35.1 Å². The minimum absolute atomic E-state index is 0.0101. The van der Waals surface area contributed by atoms with Gasteiger partial charge in [-0.2, -0.15) is 22.5 Å². The first-order chi connectivity index (χ1) is 17.4. The van der Waals surface area contributed by atoms with Crippen molar-refractivity contribution in [2.75, 3.05) is 31.2 Å². The number of urea groups is 1. The summed E-state index contributed by atoms with van der Waals surface area (Å²) in [6, 6.07) is 2.69. The maximum absolute atomic E-state index is 14.7. The summed E-state index contributed by atoms with van der Waals surface area (Å²) in [5.41, 5.74) is -4.26. The zero-order valence-electron chi connectivity index (χ0n) is 19.0. The number of aromatic nitrogens is 2. The van der Waals surface area contributed by atoms with Crippen molar-refractivity contribution in [3.05, 3.63) is 24.1 Å². The molecule has 5 rings (SSSR count). The van der Waals surface area contributed by atoms with Crippen LogP contribution in [0.4, 0.5) is 28.0 Å². The molecule has 2 aliphatic heterocycles. The number of sulfonamides is 1. The normalized spacial score (nSPS) is 23.3. The first kappa shape index (κ1) is 26.0. The van der Waals surface area contributed by atoms with Crippen LogP contribution < -0.4 is 16.0 Å². The number of rotatable bonds is 6. The van der Waals surface area contributed by atoms with Crippen molar-refractivity contribution in [2.24, 2.45) is 0 Å². The molecule has 2 aromatic heterocycles. The third-order valence-corrected chi connectivity index (χ3v) is 9.40. The van der Waals surface area contributed by atoms with E-state index < -0.39 is 39.8 Å². The van der Waals surface area contributed by atoms with E-state index >= 15 is 0 Å². The van der Waals surface area contributed by atoms with Gasteiger partial charge in [-0.05, 0) is 24.2 Å².